The quantitative estimate of drug-likeness (QED) is 0.540. The first-order chi connectivity index (χ1) is 12.6. The van der Waals surface area contributed by atoms with Crippen LogP contribution in [0.25, 0.3) is 10.8 Å². The SMILES string of the molecule is CN(C)c1ccc(C=NN2C(=O)c3cccc4cccc(c34)C2=O)cc1. The Morgan fingerprint density at radius 2 is 1.42 bits per heavy atom. The molecule has 0 saturated heterocycles. The molecule has 0 atom stereocenters. The Bertz CT molecular complexity index is 1000. The summed E-state index contributed by atoms with van der Waals surface area (Å²) in [6.45, 7) is 0. The zero-order chi connectivity index (χ0) is 18.3. The van der Waals surface area contributed by atoms with Crippen molar-refractivity contribution in [1.82, 2.24) is 5.01 Å². The third-order valence-electron chi connectivity index (χ3n) is 4.48. The van der Waals surface area contributed by atoms with Crippen LogP contribution >= 0.6 is 0 Å². The number of hydrogen-bond acceptors (Lipinski definition) is 4. The lowest BCUT2D eigenvalue weighted by Crippen LogP contribution is -2.36. The summed E-state index contributed by atoms with van der Waals surface area (Å²) in [5.74, 6) is -0.805. The molecule has 0 saturated carbocycles. The van der Waals surface area contributed by atoms with Gasteiger partial charge in [-0.15, -0.1) is 0 Å². The van der Waals surface area contributed by atoms with E-state index in [9.17, 15) is 9.59 Å². The number of nitrogens with zero attached hydrogens (tertiary/aromatic N) is 3. The molecule has 0 N–H and O–H groups in total. The molecule has 0 unspecified atom stereocenters. The molecule has 0 aliphatic carbocycles. The average molecular weight is 343 g/mol. The summed E-state index contributed by atoms with van der Waals surface area (Å²) < 4.78 is 0. The molecule has 3 aromatic rings. The molecule has 0 aromatic heterocycles. The molecule has 5 nitrogen and oxygen atoms in total. The Hall–Kier alpha value is -3.47. The Morgan fingerprint density at radius 3 is 1.96 bits per heavy atom. The van der Waals surface area contributed by atoms with Crippen molar-refractivity contribution in [3.05, 3.63) is 77.4 Å². The second kappa shape index (κ2) is 6.11. The van der Waals surface area contributed by atoms with E-state index >= 15 is 0 Å². The minimum atomic E-state index is -0.402. The van der Waals surface area contributed by atoms with Crippen molar-refractivity contribution < 1.29 is 9.59 Å². The highest BCUT2D eigenvalue weighted by Crippen LogP contribution is 2.30. The van der Waals surface area contributed by atoms with Gasteiger partial charge in [-0.1, -0.05) is 36.4 Å². The zero-order valence-corrected chi connectivity index (χ0v) is 14.5. The van der Waals surface area contributed by atoms with Crippen LogP contribution in [0, 0.1) is 0 Å². The molecule has 26 heavy (non-hydrogen) atoms. The number of carbonyl (C=O) groups is 2. The fraction of sp³-hybridized carbons (Fsp3) is 0.0952. The summed E-state index contributed by atoms with van der Waals surface area (Å²) >= 11 is 0. The maximum atomic E-state index is 12.8. The van der Waals surface area contributed by atoms with Crippen LogP contribution in [0.4, 0.5) is 5.69 Å². The molecule has 0 bridgehead atoms. The molecule has 128 valence electrons. The smallest absolute Gasteiger partial charge is 0.282 e. The van der Waals surface area contributed by atoms with Crippen LogP contribution in [0.1, 0.15) is 26.3 Å². The third-order valence-corrected chi connectivity index (χ3v) is 4.48. The van der Waals surface area contributed by atoms with E-state index < -0.39 is 11.8 Å². The molecular weight excluding hydrogens is 326 g/mol. The second-order valence-corrected chi connectivity index (χ2v) is 6.36. The van der Waals surface area contributed by atoms with Crippen molar-refractivity contribution in [2.75, 3.05) is 19.0 Å². The summed E-state index contributed by atoms with van der Waals surface area (Å²) in [7, 11) is 3.93. The number of hydrogen-bond donors (Lipinski definition) is 0. The van der Waals surface area contributed by atoms with Crippen molar-refractivity contribution in [2.24, 2.45) is 5.10 Å². The first kappa shape index (κ1) is 16.0. The number of carbonyl (C=O) groups excluding carboxylic acids is 2. The Balaban J connectivity index is 1.70. The van der Waals surface area contributed by atoms with Crippen LogP contribution in [-0.4, -0.2) is 37.1 Å². The number of benzene rings is 3. The van der Waals surface area contributed by atoms with Crippen molar-refractivity contribution in [2.45, 2.75) is 0 Å². The largest absolute Gasteiger partial charge is 0.378 e. The van der Waals surface area contributed by atoms with Gasteiger partial charge in [0.15, 0.2) is 0 Å². The highest BCUT2D eigenvalue weighted by molar-refractivity contribution is 6.25. The van der Waals surface area contributed by atoms with E-state index in [1.54, 1.807) is 12.1 Å². The van der Waals surface area contributed by atoms with Crippen LogP contribution in [0.15, 0.2) is 65.8 Å². The Kier molecular flexibility index (Phi) is 3.77. The van der Waals surface area contributed by atoms with Crippen LogP contribution in [0.2, 0.25) is 0 Å². The van der Waals surface area contributed by atoms with Crippen LogP contribution in [-0.2, 0) is 0 Å². The van der Waals surface area contributed by atoms with Gasteiger partial charge in [0, 0.05) is 25.2 Å². The highest BCUT2D eigenvalue weighted by Gasteiger charge is 2.32. The maximum Gasteiger partial charge on any atom is 0.282 e. The normalized spacial score (nSPS) is 13.7. The fourth-order valence-corrected chi connectivity index (χ4v) is 3.11. The first-order valence-corrected chi connectivity index (χ1v) is 8.28. The van der Waals surface area contributed by atoms with Crippen molar-refractivity contribution in [3.8, 4) is 0 Å². The van der Waals surface area contributed by atoms with E-state index in [4.69, 9.17) is 0 Å². The lowest BCUT2D eigenvalue weighted by atomic mass is 9.95. The summed E-state index contributed by atoms with van der Waals surface area (Å²) in [6.07, 6.45) is 1.53. The van der Waals surface area contributed by atoms with E-state index in [1.807, 2.05) is 67.5 Å². The first-order valence-electron chi connectivity index (χ1n) is 8.28. The highest BCUT2D eigenvalue weighted by atomic mass is 16.2. The van der Waals surface area contributed by atoms with Crippen molar-refractivity contribution in [1.29, 1.82) is 0 Å². The summed E-state index contributed by atoms with van der Waals surface area (Å²) in [5, 5.41) is 6.69. The number of hydrazone groups is 1. The molecular formula is C21H17N3O2. The third kappa shape index (κ3) is 2.54. The molecule has 0 fully saturated rings. The molecule has 1 heterocycles. The van der Waals surface area contributed by atoms with Crippen LogP contribution in [0.5, 0.6) is 0 Å². The van der Waals surface area contributed by atoms with Crippen LogP contribution < -0.4 is 4.90 Å². The molecule has 2 amide bonds. The molecule has 0 spiro atoms. The van der Waals surface area contributed by atoms with Crippen molar-refractivity contribution >= 4 is 34.5 Å². The van der Waals surface area contributed by atoms with Gasteiger partial charge in [-0.05, 0) is 35.2 Å². The lowest BCUT2D eigenvalue weighted by Gasteiger charge is -2.23. The molecule has 1 aliphatic heterocycles. The predicted molar refractivity (Wildman–Crippen MR) is 103 cm³/mol. The van der Waals surface area contributed by atoms with Gasteiger partial charge in [0.25, 0.3) is 11.8 Å². The zero-order valence-electron chi connectivity index (χ0n) is 14.5. The molecule has 4 rings (SSSR count). The minimum Gasteiger partial charge on any atom is -0.378 e. The van der Waals surface area contributed by atoms with Gasteiger partial charge in [0.1, 0.15) is 0 Å². The molecule has 5 heteroatoms. The Labute approximate surface area is 151 Å². The van der Waals surface area contributed by atoms with Gasteiger partial charge in [-0.25, -0.2) is 0 Å². The number of amides is 2. The summed E-state index contributed by atoms with van der Waals surface area (Å²) in [5.41, 5.74) is 2.87. The minimum absolute atomic E-state index is 0.402. The van der Waals surface area contributed by atoms with Crippen LogP contribution in [0.3, 0.4) is 0 Å². The van der Waals surface area contributed by atoms with Gasteiger partial charge >= 0.3 is 0 Å². The van der Waals surface area contributed by atoms with E-state index in [0.717, 1.165) is 21.6 Å². The lowest BCUT2D eigenvalue weighted by molar-refractivity contribution is 0.0616. The van der Waals surface area contributed by atoms with Gasteiger partial charge in [0.05, 0.1) is 17.3 Å². The topological polar surface area (TPSA) is 53.0 Å². The van der Waals surface area contributed by atoms with E-state index in [0.29, 0.717) is 16.5 Å². The Morgan fingerprint density at radius 1 is 0.846 bits per heavy atom. The monoisotopic (exact) mass is 343 g/mol. The van der Waals surface area contributed by atoms with E-state index in [-0.39, 0.29) is 0 Å². The summed E-state index contributed by atoms with van der Waals surface area (Å²) in [4.78, 5) is 27.5. The van der Waals surface area contributed by atoms with E-state index in [1.165, 1.54) is 6.21 Å². The predicted octanol–water partition coefficient (Wildman–Crippen LogP) is 3.54. The maximum absolute atomic E-state index is 12.8. The fourth-order valence-electron chi connectivity index (χ4n) is 3.11. The molecule has 1 aliphatic rings. The number of anilines is 1. The molecule has 3 aromatic carbocycles. The van der Waals surface area contributed by atoms with Crippen molar-refractivity contribution in [3.63, 3.8) is 0 Å². The van der Waals surface area contributed by atoms with Gasteiger partial charge in [-0.2, -0.15) is 10.1 Å². The average Bonchev–Trinajstić information content (AvgIpc) is 2.66. The standard InChI is InChI=1S/C21H17N3O2/c1-23(2)16-11-9-14(10-12-16)13-22-24-20(25)17-7-3-5-15-6-4-8-18(19(15)17)21(24)26/h3-13H,1-2H3. The number of imide groups is 1. The van der Waals surface area contributed by atoms with Gasteiger partial charge in [0.2, 0.25) is 0 Å². The van der Waals surface area contributed by atoms with E-state index in [2.05, 4.69) is 5.10 Å². The number of rotatable bonds is 3. The second-order valence-electron chi connectivity index (χ2n) is 6.36. The van der Waals surface area contributed by atoms with Gasteiger partial charge < -0.3 is 4.90 Å². The van der Waals surface area contributed by atoms with Gasteiger partial charge in [-0.3, -0.25) is 9.59 Å². The summed E-state index contributed by atoms with van der Waals surface area (Å²) in [6, 6.07) is 18.6. The molecule has 0 radical (unpaired) electrons.